The van der Waals surface area contributed by atoms with Gasteiger partial charge in [0.15, 0.2) is 0 Å². The second kappa shape index (κ2) is 6.85. The van der Waals surface area contributed by atoms with Gasteiger partial charge in [-0.1, -0.05) is 19.3 Å². The number of aliphatic hydroxyl groups is 2. The molecule has 1 saturated carbocycles. The average Bonchev–Trinajstić information content (AvgIpc) is 2.55. The minimum atomic E-state index is -0.691. The number of hydrogen-bond donors (Lipinski definition) is 2. The molecule has 0 bridgehead atoms. The molecule has 1 amide bonds. The van der Waals surface area contributed by atoms with Crippen LogP contribution in [0.15, 0.2) is 0 Å². The molecule has 0 aromatic carbocycles. The number of β-amino-alcohol motifs (C(OH)–C–C–N with tert-alkyl or cyclic N) is 1. The number of rotatable bonds is 5. The second-order valence-corrected chi connectivity index (χ2v) is 7.65. The summed E-state index contributed by atoms with van der Waals surface area (Å²) in [5.74, 6) is 1.05. The van der Waals surface area contributed by atoms with Gasteiger partial charge >= 0.3 is 0 Å². The van der Waals surface area contributed by atoms with Crippen LogP contribution in [0.4, 0.5) is 0 Å². The van der Waals surface area contributed by atoms with E-state index < -0.39 is 6.10 Å². The number of nitrogens with zero attached hydrogens (tertiary/aromatic N) is 2. The molecule has 0 aromatic heterocycles. The largest absolute Gasteiger partial charge is 0.394 e. The van der Waals surface area contributed by atoms with Crippen molar-refractivity contribution in [2.45, 2.75) is 51.0 Å². The molecule has 3 fully saturated rings. The van der Waals surface area contributed by atoms with Crippen LogP contribution in [0, 0.1) is 11.3 Å². The van der Waals surface area contributed by atoms with Crippen molar-refractivity contribution < 1.29 is 15.0 Å². The number of likely N-dealkylation sites (tertiary alicyclic amines) is 2. The first-order valence-corrected chi connectivity index (χ1v) is 8.94. The van der Waals surface area contributed by atoms with Crippen LogP contribution in [0.1, 0.15) is 44.9 Å². The van der Waals surface area contributed by atoms with E-state index in [-0.39, 0.29) is 12.0 Å². The summed E-state index contributed by atoms with van der Waals surface area (Å²) in [4.78, 5) is 16.9. The molecule has 3 rings (SSSR count). The molecule has 2 atom stereocenters. The zero-order valence-electron chi connectivity index (χ0n) is 13.5. The third-order valence-corrected chi connectivity index (χ3v) is 5.77. The Labute approximate surface area is 133 Å². The Morgan fingerprint density at radius 2 is 1.95 bits per heavy atom. The minimum absolute atomic E-state index is 0.192. The topological polar surface area (TPSA) is 64.0 Å². The van der Waals surface area contributed by atoms with Gasteiger partial charge in [0.25, 0.3) is 0 Å². The van der Waals surface area contributed by atoms with Crippen molar-refractivity contribution in [3.05, 3.63) is 0 Å². The average molecular weight is 310 g/mol. The first kappa shape index (κ1) is 16.2. The predicted molar refractivity (Wildman–Crippen MR) is 84.4 cm³/mol. The van der Waals surface area contributed by atoms with Crippen LogP contribution in [0.25, 0.3) is 0 Å². The van der Waals surface area contributed by atoms with Gasteiger partial charge in [-0.05, 0) is 38.1 Å². The normalized spacial score (nSPS) is 32.3. The summed E-state index contributed by atoms with van der Waals surface area (Å²) in [6.45, 7) is 3.81. The zero-order valence-corrected chi connectivity index (χ0v) is 13.5. The Kier molecular flexibility index (Phi) is 5.05. The maximum atomic E-state index is 12.7. The third kappa shape index (κ3) is 3.31. The number of piperidine rings is 1. The smallest absolute Gasteiger partial charge is 0.231 e. The van der Waals surface area contributed by atoms with Crippen LogP contribution >= 0.6 is 0 Å². The second-order valence-electron chi connectivity index (χ2n) is 7.65. The van der Waals surface area contributed by atoms with E-state index in [1.54, 1.807) is 0 Å². The Morgan fingerprint density at radius 1 is 1.18 bits per heavy atom. The highest BCUT2D eigenvalue weighted by Gasteiger charge is 2.53. The van der Waals surface area contributed by atoms with Crippen LogP contribution in [-0.2, 0) is 4.79 Å². The van der Waals surface area contributed by atoms with Crippen molar-refractivity contribution in [3.8, 4) is 0 Å². The third-order valence-electron chi connectivity index (χ3n) is 5.77. The summed E-state index contributed by atoms with van der Waals surface area (Å²) in [5, 5.41) is 18.6. The highest BCUT2D eigenvalue weighted by atomic mass is 16.3. The monoisotopic (exact) mass is 310 g/mol. The van der Waals surface area contributed by atoms with Gasteiger partial charge in [0, 0.05) is 26.2 Å². The fraction of sp³-hybridized carbons (Fsp3) is 0.941. The summed E-state index contributed by atoms with van der Waals surface area (Å²) in [7, 11) is 0. The molecule has 2 heterocycles. The predicted octanol–water partition coefficient (Wildman–Crippen LogP) is 0.844. The fourth-order valence-electron chi connectivity index (χ4n) is 4.62. The maximum absolute atomic E-state index is 12.7. The number of β-lactam (4-membered cyclic amide) rings is 1. The van der Waals surface area contributed by atoms with E-state index in [0.29, 0.717) is 18.4 Å². The van der Waals surface area contributed by atoms with E-state index >= 15 is 0 Å². The molecule has 5 nitrogen and oxygen atoms in total. The molecule has 2 aliphatic heterocycles. The molecule has 0 radical (unpaired) electrons. The van der Waals surface area contributed by atoms with E-state index in [1.807, 2.05) is 0 Å². The SMILES string of the molecule is O=C1N(CC2CCCCC2)C[C@]12CCCN(C[C@H](O)CO)C2. The summed E-state index contributed by atoms with van der Waals surface area (Å²) in [5.41, 5.74) is -0.192. The zero-order chi connectivity index (χ0) is 15.6. The van der Waals surface area contributed by atoms with Crippen LogP contribution < -0.4 is 0 Å². The lowest BCUT2D eigenvalue weighted by Gasteiger charge is -2.54. The summed E-state index contributed by atoms with van der Waals surface area (Å²) < 4.78 is 0. The first-order chi connectivity index (χ1) is 10.6. The van der Waals surface area contributed by atoms with Gasteiger partial charge in [0.2, 0.25) is 5.91 Å². The number of aliphatic hydroxyl groups excluding tert-OH is 2. The molecule has 2 saturated heterocycles. The number of carbonyl (C=O) groups excluding carboxylic acids is 1. The van der Waals surface area contributed by atoms with Gasteiger partial charge in [0.1, 0.15) is 0 Å². The Morgan fingerprint density at radius 3 is 2.64 bits per heavy atom. The molecule has 1 aliphatic carbocycles. The first-order valence-electron chi connectivity index (χ1n) is 8.94. The van der Waals surface area contributed by atoms with Crippen molar-refractivity contribution >= 4 is 5.91 Å². The number of amides is 1. The number of carbonyl (C=O) groups is 1. The molecule has 5 heteroatoms. The number of hydrogen-bond acceptors (Lipinski definition) is 4. The molecule has 1 spiro atoms. The van der Waals surface area contributed by atoms with Crippen molar-refractivity contribution in [1.29, 1.82) is 0 Å². The highest BCUT2D eigenvalue weighted by Crippen LogP contribution is 2.41. The standard InChI is InChI=1S/C17H30N2O3/c20-11-15(21)10-18-8-4-7-17(12-18)13-19(16(17)22)9-14-5-2-1-3-6-14/h14-15,20-21H,1-13H2/t15-,17+/m0/s1. The molecule has 22 heavy (non-hydrogen) atoms. The Hall–Kier alpha value is -0.650. The lowest BCUT2D eigenvalue weighted by Crippen LogP contribution is -2.67. The van der Waals surface area contributed by atoms with Crippen molar-refractivity contribution in [3.63, 3.8) is 0 Å². The fourth-order valence-corrected chi connectivity index (χ4v) is 4.62. The lowest BCUT2D eigenvalue weighted by atomic mass is 9.71. The van der Waals surface area contributed by atoms with Gasteiger partial charge in [-0.25, -0.2) is 0 Å². The van der Waals surface area contributed by atoms with Gasteiger partial charge in [-0.2, -0.15) is 0 Å². The van der Waals surface area contributed by atoms with Crippen molar-refractivity contribution in [2.75, 3.05) is 39.3 Å². The van der Waals surface area contributed by atoms with E-state index in [1.165, 1.54) is 32.1 Å². The molecule has 0 aromatic rings. The van der Waals surface area contributed by atoms with Crippen LogP contribution in [0.5, 0.6) is 0 Å². The van der Waals surface area contributed by atoms with Crippen LogP contribution in [0.3, 0.4) is 0 Å². The highest BCUT2D eigenvalue weighted by molar-refractivity contribution is 5.89. The van der Waals surface area contributed by atoms with Gasteiger partial charge in [-0.15, -0.1) is 0 Å². The van der Waals surface area contributed by atoms with Crippen LogP contribution in [0.2, 0.25) is 0 Å². The lowest BCUT2D eigenvalue weighted by molar-refractivity contribution is -0.168. The molecule has 3 aliphatic rings. The Balaban J connectivity index is 1.51. The summed E-state index contributed by atoms with van der Waals surface area (Å²) in [6.07, 6.45) is 7.88. The minimum Gasteiger partial charge on any atom is -0.394 e. The van der Waals surface area contributed by atoms with E-state index in [2.05, 4.69) is 9.80 Å². The van der Waals surface area contributed by atoms with Crippen molar-refractivity contribution in [2.24, 2.45) is 11.3 Å². The van der Waals surface area contributed by atoms with Gasteiger partial charge < -0.3 is 15.1 Å². The quantitative estimate of drug-likeness (QED) is 0.739. The Bertz CT molecular complexity index is 397. The molecule has 2 N–H and O–H groups in total. The summed E-state index contributed by atoms with van der Waals surface area (Å²) in [6, 6.07) is 0. The van der Waals surface area contributed by atoms with Crippen molar-refractivity contribution in [1.82, 2.24) is 9.80 Å². The molecular formula is C17H30N2O3. The van der Waals surface area contributed by atoms with E-state index in [9.17, 15) is 9.90 Å². The van der Waals surface area contributed by atoms with E-state index in [4.69, 9.17) is 5.11 Å². The van der Waals surface area contributed by atoms with Crippen LogP contribution in [-0.4, -0.2) is 71.4 Å². The summed E-state index contributed by atoms with van der Waals surface area (Å²) >= 11 is 0. The van der Waals surface area contributed by atoms with Gasteiger partial charge in [-0.3, -0.25) is 9.69 Å². The molecule has 0 unspecified atom stereocenters. The van der Waals surface area contributed by atoms with Gasteiger partial charge in [0.05, 0.1) is 18.1 Å². The van der Waals surface area contributed by atoms with E-state index in [0.717, 1.165) is 39.0 Å². The molecular weight excluding hydrogens is 280 g/mol. The molecule has 126 valence electrons. The maximum Gasteiger partial charge on any atom is 0.231 e.